The van der Waals surface area contributed by atoms with Crippen LogP contribution >= 0.6 is 15.9 Å². The number of amides is 1. The molecule has 0 saturated carbocycles. The Morgan fingerprint density at radius 2 is 2.06 bits per heavy atom. The van der Waals surface area contributed by atoms with Crippen molar-refractivity contribution in [3.63, 3.8) is 0 Å². The number of benzene rings is 1. The Morgan fingerprint density at radius 1 is 1.35 bits per heavy atom. The van der Waals surface area contributed by atoms with E-state index in [4.69, 9.17) is 4.74 Å². The Kier molecular flexibility index (Phi) is 3.04. The second-order valence-electron chi connectivity index (χ2n) is 5.10. The zero-order chi connectivity index (χ0) is 12.7. The normalized spacial score (nSPS) is 27.6. The van der Waals surface area contributed by atoms with Gasteiger partial charge in [0.1, 0.15) is 5.60 Å². The van der Waals surface area contributed by atoms with Gasteiger partial charge in [0.25, 0.3) is 5.91 Å². The molecule has 1 aliphatic rings. The van der Waals surface area contributed by atoms with Gasteiger partial charge in [-0.25, -0.2) is 0 Å². The summed E-state index contributed by atoms with van der Waals surface area (Å²) in [5.41, 5.74) is -0.169. The van der Waals surface area contributed by atoms with E-state index in [1.54, 1.807) is 13.8 Å². The highest BCUT2D eigenvalue weighted by molar-refractivity contribution is 9.10. The lowest BCUT2D eigenvalue weighted by Crippen LogP contribution is -2.60. The first-order chi connectivity index (χ1) is 7.83. The summed E-state index contributed by atoms with van der Waals surface area (Å²) in [5.74, 6) is -0.0776. The first-order valence-corrected chi connectivity index (χ1v) is 6.35. The Labute approximate surface area is 110 Å². The van der Waals surface area contributed by atoms with Crippen molar-refractivity contribution in [2.75, 3.05) is 6.61 Å². The molecule has 1 aromatic carbocycles. The molecule has 92 valence electrons. The van der Waals surface area contributed by atoms with Crippen LogP contribution in [0.1, 0.15) is 26.3 Å². The summed E-state index contributed by atoms with van der Waals surface area (Å²) in [4.78, 5) is 11.9. The molecule has 1 atom stereocenters. The van der Waals surface area contributed by atoms with Crippen molar-refractivity contribution in [3.05, 3.63) is 34.3 Å². The maximum atomic E-state index is 11.9. The van der Waals surface area contributed by atoms with Crippen LogP contribution in [0.2, 0.25) is 0 Å². The number of hydrogen-bond acceptors (Lipinski definition) is 2. The van der Waals surface area contributed by atoms with Crippen molar-refractivity contribution in [2.24, 2.45) is 0 Å². The minimum atomic E-state index is -0.745. The van der Waals surface area contributed by atoms with Crippen LogP contribution in [0.4, 0.5) is 0 Å². The van der Waals surface area contributed by atoms with Crippen molar-refractivity contribution >= 4 is 21.8 Å². The van der Waals surface area contributed by atoms with E-state index in [1.165, 1.54) is 0 Å². The van der Waals surface area contributed by atoms with Gasteiger partial charge < -0.3 is 10.1 Å². The second-order valence-corrected chi connectivity index (χ2v) is 6.01. The van der Waals surface area contributed by atoms with Crippen LogP contribution in [0.3, 0.4) is 0 Å². The molecule has 1 N–H and O–H groups in total. The molecule has 1 amide bonds. The zero-order valence-electron chi connectivity index (χ0n) is 10.2. The number of rotatable bonds is 1. The molecule has 3 nitrogen and oxygen atoms in total. The minimum Gasteiger partial charge on any atom is -0.363 e. The number of halogens is 1. The lowest BCUT2D eigenvalue weighted by molar-refractivity contribution is -0.159. The first kappa shape index (κ1) is 12.6. The quantitative estimate of drug-likeness (QED) is 0.865. The Morgan fingerprint density at radius 3 is 2.65 bits per heavy atom. The summed E-state index contributed by atoms with van der Waals surface area (Å²) in [6.45, 7) is 6.01. The molecule has 0 aliphatic carbocycles. The molecule has 1 fully saturated rings. The van der Waals surface area contributed by atoms with Crippen LogP contribution in [0.25, 0.3) is 0 Å². The Balaban J connectivity index is 2.30. The number of nitrogens with one attached hydrogen (secondary N) is 1. The number of morpholine rings is 1. The topological polar surface area (TPSA) is 38.3 Å². The summed E-state index contributed by atoms with van der Waals surface area (Å²) in [6, 6.07) is 7.91. The summed E-state index contributed by atoms with van der Waals surface area (Å²) < 4.78 is 6.66. The fourth-order valence-electron chi connectivity index (χ4n) is 1.81. The second kappa shape index (κ2) is 4.10. The minimum absolute atomic E-state index is 0.0776. The van der Waals surface area contributed by atoms with Crippen LogP contribution in [0.15, 0.2) is 28.7 Å². The molecule has 0 bridgehead atoms. The summed E-state index contributed by atoms with van der Waals surface area (Å²) in [5, 5.41) is 3.04. The van der Waals surface area contributed by atoms with E-state index in [9.17, 15) is 4.79 Å². The molecule has 4 heteroatoms. The molecule has 1 saturated heterocycles. The highest BCUT2D eigenvalue weighted by atomic mass is 79.9. The van der Waals surface area contributed by atoms with Crippen LogP contribution in [0, 0.1) is 0 Å². The molecule has 0 radical (unpaired) electrons. The SMILES string of the molecule is CC1(C)OC[C@@](C)(c2cccc(Br)c2)NC1=O. The smallest absolute Gasteiger partial charge is 0.252 e. The lowest BCUT2D eigenvalue weighted by atomic mass is 9.89. The monoisotopic (exact) mass is 297 g/mol. The Hall–Kier alpha value is -0.870. The maximum Gasteiger partial charge on any atom is 0.252 e. The highest BCUT2D eigenvalue weighted by Crippen LogP contribution is 2.30. The van der Waals surface area contributed by atoms with Crippen LogP contribution in [-0.2, 0) is 15.1 Å². The predicted octanol–water partition coefficient (Wildman–Crippen LogP) is 2.59. The van der Waals surface area contributed by atoms with E-state index < -0.39 is 11.1 Å². The van der Waals surface area contributed by atoms with Gasteiger partial charge in [-0.2, -0.15) is 0 Å². The fraction of sp³-hybridized carbons (Fsp3) is 0.462. The van der Waals surface area contributed by atoms with Crippen molar-refractivity contribution in [1.82, 2.24) is 5.32 Å². The number of ether oxygens (including phenoxy) is 1. The van der Waals surface area contributed by atoms with E-state index in [0.29, 0.717) is 6.61 Å². The average molecular weight is 298 g/mol. The number of hydrogen-bond donors (Lipinski definition) is 1. The van der Waals surface area contributed by atoms with Gasteiger partial charge in [-0.05, 0) is 38.5 Å². The highest BCUT2D eigenvalue weighted by Gasteiger charge is 2.42. The van der Waals surface area contributed by atoms with Crippen molar-refractivity contribution in [1.29, 1.82) is 0 Å². The van der Waals surface area contributed by atoms with Gasteiger partial charge in [0.05, 0.1) is 12.1 Å². The lowest BCUT2D eigenvalue weighted by Gasteiger charge is -2.41. The van der Waals surface area contributed by atoms with Gasteiger partial charge in [0.2, 0.25) is 0 Å². The van der Waals surface area contributed by atoms with E-state index >= 15 is 0 Å². The largest absolute Gasteiger partial charge is 0.363 e. The van der Waals surface area contributed by atoms with E-state index in [1.807, 2.05) is 31.2 Å². The third-order valence-corrected chi connectivity index (χ3v) is 3.61. The fourth-order valence-corrected chi connectivity index (χ4v) is 2.21. The molecule has 2 rings (SSSR count). The van der Waals surface area contributed by atoms with Gasteiger partial charge in [-0.3, -0.25) is 4.79 Å². The first-order valence-electron chi connectivity index (χ1n) is 5.56. The zero-order valence-corrected chi connectivity index (χ0v) is 11.8. The molecule has 17 heavy (non-hydrogen) atoms. The number of carbonyl (C=O) groups is 1. The summed E-state index contributed by atoms with van der Waals surface area (Å²) in [6.07, 6.45) is 0. The predicted molar refractivity (Wildman–Crippen MR) is 69.7 cm³/mol. The van der Waals surface area contributed by atoms with Crippen molar-refractivity contribution in [3.8, 4) is 0 Å². The standard InChI is InChI=1S/C13H16BrNO2/c1-12(2)11(16)15-13(3,8-17-12)9-5-4-6-10(14)7-9/h4-7H,8H2,1-3H3,(H,15,16)/t13-/m0/s1. The summed E-state index contributed by atoms with van der Waals surface area (Å²) in [7, 11) is 0. The van der Waals surface area contributed by atoms with Gasteiger partial charge in [-0.15, -0.1) is 0 Å². The molecule has 1 heterocycles. The molecular formula is C13H16BrNO2. The Bertz CT molecular complexity index is 458. The third kappa shape index (κ3) is 2.38. The average Bonchev–Trinajstić information content (AvgIpc) is 2.25. The van der Waals surface area contributed by atoms with E-state index in [2.05, 4.69) is 21.2 Å². The molecule has 0 aromatic heterocycles. The van der Waals surface area contributed by atoms with E-state index in [-0.39, 0.29) is 5.91 Å². The number of carbonyl (C=O) groups excluding carboxylic acids is 1. The van der Waals surface area contributed by atoms with Gasteiger partial charge in [0.15, 0.2) is 0 Å². The van der Waals surface area contributed by atoms with Crippen LogP contribution < -0.4 is 5.32 Å². The molecule has 0 unspecified atom stereocenters. The third-order valence-electron chi connectivity index (χ3n) is 3.12. The van der Waals surface area contributed by atoms with Crippen LogP contribution in [0.5, 0.6) is 0 Å². The van der Waals surface area contributed by atoms with Gasteiger partial charge in [0, 0.05) is 4.47 Å². The van der Waals surface area contributed by atoms with E-state index in [0.717, 1.165) is 10.0 Å². The maximum absolute atomic E-state index is 11.9. The summed E-state index contributed by atoms with van der Waals surface area (Å²) >= 11 is 3.44. The van der Waals surface area contributed by atoms with Crippen molar-refractivity contribution < 1.29 is 9.53 Å². The van der Waals surface area contributed by atoms with Crippen molar-refractivity contribution in [2.45, 2.75) is 31.9 Å². The molecule has 0 spiro atoms. The van der Waals surface area contributed by atoms with Gasteiger partial charge in [-0.1, -0.05) is 28.1 Å². The molecule has 1 aliphatic heterocycles. The van der Waals surface area contributed by atoms with Crippen LogP contribution in [-0.4, -0.2) is 18.1 Å². The molecule has 1 aromatic rings. The molecular weight excluding hydrogens is 282 g/mol. The van der Waals surface area contributed by atoms with Gasteiger partial charge >= 0.3 is 0 Å².